The Morgan fingerprint density at radius 1 is 1.04 bits per heavy atom. The Hall–Kier alpha value is -0.556. The van der Waals surface area contributed by atoms with Crippen LogP contribution in [0.3, 0.4) is 0 Å². The topological polar surface area (TPSA) is 44.1 Å². The van der Waals surface area contributed by atoms with Gasteiger partial charge in [0.25, 0.3) is 0 Å². The van der Waals surface area contributed by atoms with E-state index in [1.165, 1.54) is 5.56 Å². The van der Waals surface area contributed by atoms with E-state index in [-0.39, 0.29) is 55.0 Å². The Balaban J connectivity index is -0.000000152. The van der Waals surface area contributed by atoms with Crippen LogP contribution in [0.2, 0.25) is 0 Å². The number of carbonyl (C=O) groups excluding carboxylic acids is 1. The van der Waals surface area contributed by atoms with Gasteiger partial charge in [0.15, 0.2) is 0 Å². The Morgan fingerprint density at radius 2 is 1.56 bits per heavy atom. The molecule has 0 aromatic heterocycles. The standard InChI is InChI=1S/C10H11N.C8H15NO.3CH4.Y/c1-8(2)10-5-3-4-9(6-10)7-11;1-7(2)9-5-3-8(10)4-6-9;;;;/h3-6,8H,1-2H3;7H,3-6H2,1-2H3;3*1H4;. The predicted molar refractivity (Wildman–Crippen MR) is 106 cm³/mol. The van der Waals surface area contributed by atoms with Crippen molar-refractivity contribution in [1.29, 1.82) is 5.26 Å². The van der Waals surface area contributed by atoms with Crippen LogP contribution in [0, 0.1) is 11.3 Å². The average molecular weight is 423 g/mol. The second-order valence-electron chi connectivity index (χ2n) is 6.06. The average Bonchev–Trinajstić information content (AvgIpc) is 2.48. The molecule has 0 aliphatic carbocycles. The summed E-state index contributed by atoms with van der Waals surface area (Å²) >= 11 is 0. The maximum absolute atomic E-state index is 10.8. The molecule has 2 rings (SSSR count). The molecule has 141 valence electrons. The molecule has 0 atom stereocenters. The summed E-state index contributed by atoms with van der Waals surface area (Å²) in [5.41, 5.74) is 1.97. The van der Waals surface area contributed by atoms with Crippen molar-refractivity contribution >= 4 is 5.78 Å². The summed E-state index contributed by atoms with van der Waals surface area (Å²) in [5, 5.41) is 8.59. The van der Waals surface area contributed by atoms with Crippen molar-refractivity contribution in [2.45, 2.75) is 74.8 Å². The molecule has 1 aromatic carbocycles. The molecule has 25 heavy (non-hydrogen) atoms. The molecule has 1 fully saturated rings. The number of rotatable bonds is 2. The van der Waals surface area contributed by atoms with Gasteiger partial charge in [0.2, 0.25) is 0 Å². The molecular weight excluding hydrogens is 385 g/mol. The van der Waals surface area contributed by atoms with E-state index in [1.807, 2.05) is 24.3 Å². The Kier molecular flexibility index (Phi) is 21.7. The fourth-order valence-electron chi connectivity index (χ4n) is 2.26. The number of hydrogen-bond donors (Lipinski definition) is 0. The van der Waals surface area contributed by atoms with Crippen LogP contribution in [0.15, 0.2) is 24.3 Å². The van der Waals surface area contributed by atoms with Gasteiger partial charge in [-0.3, -0.25) is 4.79 Å². The normalized spacial score (nSPS) is 13.1. The minimum absolute atomic E-state index is 0. The Bertz CT molecular complexity index is 497. The largest absolute Gasteiger partial charge is 0.300 e. The molecule has 0 spiro atoms. The number of carbonyl (C=O) groups is 1. The number of Topliss-reactive ketones (excluding diaryl/α,β-unsaturated/α-hetero) is 1. The molecule has 1 aliphatic heterocycles. The molecule has 1 aromatic rings. The summed E-state index contributed by atoms with van der Waals surface area (Å²) in [6.45, 7) is 10.5. The minimum Gasteiger partial charge on any atom is -0.300 e. The van der Waals surface area contributed by atoms with Gasteiger partial charge in [-0.2, -0.15) is 5.26 Å². The molecule has 1 heterocycles. The SMILES string of the molecule is C.C.C.CC(C)N1CCC(=O)CC1.CC(C)c1cccc(C#N)c1.[Y]. The number of likely N-dealkylation sites (tertiary alicyclic amines) is 1. The van der Waals surface area contributed by atoms with Gasteiger partial charge in [0.1, 0.15) is 5.78 Å². The van der Waals surface area contributed by atoms with Crippen molar-refractivity contribution < 1.29 is 37.5 Å². The fraction of sp³-hybridized carbons (Fsp3) is 0.619. The molecule has 3 nitrogen and oxygen atoms in total. The van der Waals surface area contributed by atoms with Gasteiger partial charge in [0.05, 0.1) is 11.6 Å². The smallest absolute Gasteiger partial charge is 0.135 e. The van der Waals surface area contributed by atoms with Gasteiger partial charge in [0, 0.05) is 64.7 Å². The van der Waals surface area contributed by atoms with Gasteiger partial charge in [-0.15, -0.1) is 0 Å². The van der Waals surface area contributed by atoms with E-state index in [0.717, 1.165) is 31.5 Å². The third-order valence-corrected chi connectivity index (χ3v) is 3.77. The molecular formula is C21H38N2OY. The van der Waals surface area contributed by atoms with Crippen LogP contribution >= 0.6 is 0 Å². The van der Waals surface area contributed by atoms with Crippen molar-refractivity contribution in [2.24, 2.45) is 0 Å². The third-order valence-electron chi connectivity index (χ3n) is 3.77. The van der Waals surface area contributed by atoms with Crippen LogP contribution < -0.4 is 0 Å². The summed E-state index contributed by atoms with van der Waals surface area (Å²) in [6.07, 6.45) is 1.52. The molecule has 0 amide bonds. The first-order chi connectivity index (χ1) is 9.93. The van der Waals surface area contributed by atoms with Crippen molar-refractivity contribution in [3.63, 3.8) is 0 Å². The van der Waals surface area contributed by atoms with E-state index in [9.17, 15) is 4.79 Å². The number of nitrogens with zero attached hydrogens (tertiary/aromatic N) is 2. The van der Waals surface area contributed by atoms with E-state index in [1.54, 1.807) is 0 Å². The van der Waals surface area contributed by atoms with Gasteiger partial charge >= 0.3 is 0 Å². The third kappa shape index (κ3) is 12.4. The molecule has 1 saturated heterocycles. The quantitative estimate of drug-likeness (QED) is 0.618. The maximum Gasteiger partial charge on any atom is 0.135 e. The van der Waals surface area contributed by atoms with E-state index >= 15 is 0 Å². The van der Waals surface area contributed by atoms with Gasteiger partial charge in [-0.25, -0.2) is 0 Å². The monoisotopic (exact) mass is 423 g/mol. The van der Waals surface area contributed by atoms with Gasteiger partial charge in [-0.1, -0.05) is 48.3 Å². The molecule has 0 unspecified atom stereocenters. The van der Waals surface area contributed by atoms with Gasteiger partial charge in [-0.05, 0) is 37.5 Å². The summed E-state index contributed by atoms with van der Waals surface area (Å²) in [7, 11) is 0. The zero-order valence-electron chi connectivity index (χ0n) is 14.2. The molecule has 0 bridgehead atoms. The predicted octanol–water partition coefficient (Wildman–Crippen LogP) is 5.65. The summed E-state index contributed by atoms with van der Waals surface area (Å²) < 4.78 is 0. The molecule has 1 aliphatic rings. The number of piperidine rings is 1. The van der Waals surface area contributed by atoms with E-state index in [2.05, 4.69) is 38.7 Å². The molecule has 0 saturated carbocycles. The van der Waals surface area contributed by atoms with Crippen LogP contribution in [0.1, 0.15) is 79.9 Å². The van der Waals surface area contributed by atoms with E-state index < -0.39 is 0 Å². The maximum atomic E-state index is 10.8. The Labute approximate surface area is 182 Å². The van der Waals surface area contributed by atoms with Crippen molar-refractivity contribution in [2.75, 3.05) is 13.1 Å². The number of benzene rings is 1. The minimum atomic E-state index is 0. The molecule has 1 radical (unpaired) electrons. The zero-order valence-corrected chi connectivity index (χ0v) is 17.0. The van der Waals surface area contributed by atoms with Crippen molar-refractivity contribution in [3.8, 4) is 6.07 Å². The molecule has 0 N–H and O–H groups in total. The second kappa shape index (κ2) is 16.9. The summed E-state index contributed by atoms with van der Waals surface area (Å²) in [5.74, 6) is 0.931. The first kappa shape index (κ1) is 32.1. The van der Waals surface area contributed by atoms with Crippen LogP contribution in [-0.4, -0.2) is 29.8 Å². The van der Waals surface area contributed by atoms with Crippen LogP contribution in [-0.2, 0) is 37.5 Å². The summed E-state index contributed by atoms with van der Waals surface area (Å²) in [4.78, 5) is 13.2. The second-order valence-corrected chi connectivity index (χ2v) is 6.06. The number of nitriles is 1. The van der Waals surface area contributed by atoms with Crippen LogP contribution in [0.25, 0.3) is 0 Å². The first-order valence-electron chi connectivity index (χ1n) is 7.69. The fourth-order valence-corrected chi connectivity index (χ4v) is 2.26. The van der Waals surface area contributed by atoms with E-state index in [0.29, 0.717) is 17.7 Å². The number of hydrogen-bond acceptors (Lipinski definition) is 3. The number of ketones is 1. The van der Waals surface area contributed by atoms with Crippen molar-refractivity contribution in [1.82, 2.24) is 4.90 Å². The van der Waals surface area contributed by atoms with Gasteiger partial charge < -0.3 is 4.90 Å². The summed E-state index contributed by atoms with van der Waals surface area (Å²) in [6, 6.07) is 10.5. The molecule has 4 heteroatoms. The zero-order chi connectivity index (χ0) is 15.8. The first-order valence-corrected chi connectivity index (χ1v) is 7.69. The van der Waals surface area contributed by atoms with Crippen LogP contribution in [0.5, 0.6) is 0 Å². The van der Waals surface area contributed by atoms with E-state index in [4.69, 9.17) is 5.26 Å². The Morgan fingerprint density at radius 3 is 1.96 bits per heavy atom. The van der Waals surface area contributed by atoms with Crippen LogP contribution in [0.4, 0.5) is 0 Å². The van der Waals surface area contributed by atoms with Crippen molar-refractivity contribution in [3.05, 3.63) is 35.4 Å².